The van der Waals surface area contributed by atoms with E-state index in [1.807, 2.05) is 0 Å². The number of fused-ring (bicyclic) bond motifs is 1. The van der Waals surface area contributed by atoms with E-state index in [-0.39, 0.29) is 49.5 Å². The molecule has 0 radical (unpaired) electrons. The number of halogens is 6. The van der Waals surface area contributed by atoms with Crippen molar-refractivity contribution >= 4 is 29.4 Å². The minimum atomic E-state index is -4.79. The molecule has 2 N–H and O–H groups in total. The van der Waals surface area contributed by atoms with Crippen LogP contribution in [0.2, 0.25) is 0 Å². The predicted molar refractivity (Wildman–Crippen MR) is 132 cm³/mol. The van der Waals surface area contributed by atoms with E-state index in [0.717, 1.165) is 0 Å². The molecule has 2 aromatic rings. The number of carbonyl (C=O) groups is 2. The van der Waals surface area contributed by atoms with Gasteiger partial charge in [0.25, 0.3) is 5.91 Å². The molecule has 0 spiro atoms. The summed E-state index contributed by atoms with van der Waals surface area (Å²) in [4.78, 5) is 25.5. The van der Waals surface area contributed by atoms with Crippen LogP contribution in [0.1, 0.15) is 53.0 Å². The number of ether oxygens (including phenoxy) is 2. The number of alkyl halides is 6. The molecule has 8 nitrogen and oxygen atoms in total. The molecular weight excluding hydrogens is 554 g/mol. The Balaban J connectivity index is 1.88. The largest absolute Gasteiger partial charge is 0.522 e. The van der Waals surface area contributed by atoms with Crippen molar-refractivity contribution in [2.24, 2.45) is 0 Å². The summed E-state index contributed by atoms with van der Waals surface area (Å²) in [5.74, 6) is -0.509. The normalized spacial score (nSPS) is 15.6. The maximum Gasteiger partial charge on any atom is 0.522 e. The first-order valence-corrected chi connectivity index (χ1v) is 13.4. The third-order valence-electron chi connectivity index (χ3n) is 5.72. The van der Waals surface area contributed by atoms with Crippen LogP contribution in [0.25, 0.3) is 0 Å². The molecule has 0 bridgehead atoms. The summed E-state index contributed by atoms with van der Waals surface area (Å²) in [6.45, 7) is 1.26. The van der Waals surface area contributed by atoms with Crippen LogP contribution in [0.4, 0.5) is 32.2 Å². The molecule has 1 atom stereocenters. The van der Waals surface area contributed by atoms with Crippen LogP contribution in [-0.4, -0.2) is 59.4 Å². The molecule has 1 unspecified atom stereocenters. The van der Waals surface area contributed by atoms with E-state index in [4.69, 9.17) is 4.74 Å². The number of benzene rings is 1. The maximum atomic E-state index is 13.2. The van der Waals surface area contributed by atoms with Crippen LogP contribution in [0.5, 0.6) is 5.75 Å². The van der Waals surface area contributed by atoms with E-state index in [1.165, 1.54) is 22.5 Å². The van der Waals surface area contributed by atoms with Gasteiger partial charge in [-0.1, -0.05) is 12.1 Å². The first-order chi connectivity index (χ1) is 18.3. The fourth-order valence-corrected chi connectivity index (χ4v) is 4.47. The van der Waals surface area contributed by atoms with Gasteiger partial charge in [-0.15, -0.1) is 13.2 Å². The van der Waals surface area contributed by atoms with Gasteiger partial charge in [-0.3, -0.25) is 14.3 Å². The summed E-state index contributed by atoms with van der Waals surface area (Å²) in [5, 5.41) is 9.86. The molecule has 0 fully saturated rings. The van der Waals surface area contributed by atoms with Gasteiger partial charge in [-0.2, -0.15) is 30.0 Å². The molecule has 0 saturated carbocycles. The van der Waals surface area contributed by atoms with Gasteiger partial charge < -0.3 is 15.4 Å². The van der Waals surface area contributed by atoms with E-state index in [9.17, 15) is 35.9 Å². The van der Waals surface area contributed by atoms with Crippen LogP contribution in [0.3, 0.4) is 0 Å². The Morgan fingerprint density at radius 3 is 2.64 bits per heavy atom. The SMILES string of the molecule is CCOc1cc(CCC(F)(F)F)ccc1C1Cc2nn(CCCOC(F)(F)F)c(NC(=O)CSC)c2C(=O)N1. The summed E-state index contributed by atoms with van der Waals surface area (Å²) < 4.78 is 85.8. The van der Waals surface area contributed by atoms with Gasteiger partial charge in [0.05, 0.1) is 30.7 Å². The van der Waals surface area contributed by atoms with Crippen LogP contribution in [0.15, 0.2) is 18.2 Å². The molecule has 2 heterocycles. The van der Waals surface area contributed by atoms with Gasteiger partial charge in [-0.25, -0.2) is 4.68 Å². The summed E-state index contributed by atoms with van der Waals surface area (Å²) in [6, 6.07) is 4.01. The Morgan fingerprint density at radius 1 is 1.26 bits per heavy atom. The minimum absolute atomic E-state index is 0.0615. The van der Waals surface area contributed by atoms with Crippen molar-refractivity contribution in [1.82, 2.24) is 15.1 Å². The average Bonchev–Trinajstić information content (AvgIpc) is 3.17. The predicted octanol–water partition coefficient (Wildman–Crippen LogP) is 5.03. The molecule has 1 aliphatic rings. The van der Waals surface area contributed by atoms with Crippen LogP contribution in [-0.2, 0) is 28.9 Å². The molecule has 3 rings (SSSR count). The number of hydrogen-bond donors (Lipinski definition) is 2. The number of amides is 2. The second-order valence-electron chi connectivity index (χ2n) is 8.67. The Kier molecular flexibility index (Phi) is 10.2. The second-order valence-corrected chi connectivity index (χ2v) is 9.54. The average molecular weight is 583 g/mol. The van der Waals surface area contributed by atoms with Crippen molar-refractivity contribution in [3.63, 3.8) is 0 Å². The van der Waals surface area contributed by atoms with Gasteiger partial charge in [-0.05, 0) is 37.7 Å². The van der Waals surface area contributed by atoms with Crippen molar-refractivity contribution in [2.75, 3.05) is 30.5 Å². The zero-order valence-electron chi connectivity index (χ0n) is 21.2. The smallest absolute Gasteiger partial charge is 0.494 e. The molecule has 0 saturated heterocycles. The summed E-state index contributed by atoms with van der Waals surface area (Å²) >= 11 is 1.25. The fraction of sp³-hybridized carbons (Fsp3) is 0.542. The van der Waals surface area contributed by atoms with Crippen molar-refractivity contribution in [3.05, 3.63) is 40.6 Å². The highest BCUT2D eigenvalue weighted by Crippen LogP contribution is 2.35. The molecule has 39 heavy (non-hydrogen) atoms. The molecule has 1 aromatic carbocycles. The lowest BCUT2D eigenvalue weighted by atomic mass is 9.93. The number of carbonyl (C=O) groups excluding carboxylic acids is 2. The monoisotopic (exact) mass is 582 g/mol. The topological polar surface area (TPSA) is 94.5 Å². The number of nitrogens with zero attached hydrogens (tertiary/aromatic N) is 2. The highest BCUT2D eigenvalue weighted by Gasteiger charge is 2.35. The third kappa shape index (κ3) is 8.78. The van der Waals surface area contributed by atoms with Gasteiger partial charge in [0.15, 0.2) is 0 Å². The number of hydrogen-bond acceptors (Lipinski definition) is 6. The highest BCUT2D eigenvalue weighted by molar-refractivity contribution is 7.99. The lowest BCUT2D eigenvalue weighted by Crippen LogP contribution is -2.36. The molecule has 2 amide bonds. The first kappa shape index (κ1) is 30.6. The first-order valence-electron chi connectivity index (χ1n) is 12.0. The van der Waals surface area contributed by atoms with Gasteiger partial charge >= 0.3 is 12.5 Å². The summed E-state index contributed by atoms with van der Waals surface area (Å²) in [6.07, 6.45) is -8.54. The number of rotatable bonds is 12. The molecule has 216 valence electrons. The lowest BCUT2D eigenvalue weighted by molar-refractivity contribution is -0.324. The number of aryl methyl sites for hydroxylation is 2. The van der Waals surface area contributed by atoms with E-state index < -0.39 is 43.4 Å². The zero-order chi connectivity index (χ0) is 28.8. The van der Waals surface area contributed by atoms with Crippen molar-refractivity contribution in [1.29, 1.82) is 0 Å². The highest BCUT2D eigenvalue weighted by atomic mass is 32.2. The molecule has 15 heteroatoms. The molecule has 1 aliphatic heterocycles. The number of aromatic nitrogens is 2. The molecular formula is C24H28F6N4O4S. The lowest BCUT2D eigenvalue weighted by Gasteiger charge is -2.25. The van der Waals surface area contributed by atoms with E-state index in [0.29, 0.717) is 22.6 Å². The Bertz CT molecular complexity index is 1170. The molecule has 1 aromatic heterocycles. The van der Waals surface area contributed by atoms with E-state index >= 15 is 0 Å². The molecule has 0 aliphatic carbocycles. The Hall–Kier alpha value is -2.94. The third-order valence-corrected chi connectivity index (χ3v) is 6.27. The van der Waals surface area contributed by atoms with Gasteiger partial charge in [0.2, 0.25) is 5.91 Å². The van der Waals surface area contributed by atoms with Gasteiger partial charge in [0.1, 0.15) is 17.1 Å². The van der Waals surface area contributed by atoms with Gasteiger partial charge in [0, 0.05) is 24.9 Å². The summed E-state index contributed by atoms with van der Waals surface area (Å²) in [5.41, 5.74) is 1.36. The second kappa shape index (κ2) is 12.9. The van der Waals surface area contributed by atoms with E-state index in [2.05, 4.69) is 20.5 Å². The van der Waals surface area contributed by atoms with Crippen LogP contribution in [0, 0.1) is 0 Å². The Labute approximate surface area is 224 Å². The van der Waals surface area contributed by atoms with Crippen molar-refractivity contribution in [2.45, 2.75) is 57.7 Å². The van der Waals surface area contributed by atoms with Crippen LogP contribution < -0.4 is 15.4 Å². The summed E-state index contributed by atoms with van der Waals surface area (Å²) in [7, 11) is 0. The quantitative estimate of drug-likeness (QED) is 0.269. The van der Waals surface area contributed by atoms with Crippen LogP contribution >= 0.6 is 11.8 Å². The van der Waals surface area contributed by atoms with Crippen molar-refractivity contribution < 1.29 is 45.4 Å². The number of nitrogens with one attached hydrogen (secondary N) is 2. The Morgan fingerprint density at radius 2 is 2.00 bits per heavy atom. The standard InChI is InChI=1S/C24H28F6N4O4S/c1-3-37-18-11-14(7-8-23(25,26)27)5-6-15(18)16-12-17-20(22(36)31-16)21(32-19(35)13-39-2)34(33-17)9-4-10-38-24(28,29)30/h5-6,11,16H,3-4,7-10,12-13H2,1-2H3,(H,31,36)(H,32,35). The number of thioether (sulfide) groups is 1. The maximum absolute atomic E-state index is 13.2. The van der Waals surface area contributed by atoms with Crippen molar-refractivity contribution in [3.8, 4) is 5.75 Å². The zero-order valence-corrected chi connectivity index (χ0v) is 22.0. The minimum Gasteiger partial charge on any atom is -0.494 e. The van der Waals surface area contributed by atoms with E-state index in [1.54, 1.807) is 25.3 Å². The number of anilines is 1. The fourth-order valence-electron chi connectivity index (χ4n) is 4.13.